The number of methoxy groups -OCH3 is 1. The van der Waals surface area contributed by atoms with Gasteiger partial charge in [-0.2, -0.15) is 0 Å². The van der Waals surface area contributed by atoms with Gasteiger partial charge < -0.3 is 9.47 Å². The minimum atomic E-state index is -0.687. The van der Waals surface area contributed by atoms with Gasteiger partial charge in [0.05, 0.1) is 24.9 Å². The number of hydrogen-bond donors (Lipinski definition) is 0. The highest BCUT2D eigenvalue weighted by atomic mass is 35.7. The maximum Gasteiger partial charge on any atom is 0.421 e. The van der Waals surface area contributed by atoms with E-state index in [1.54, 1.807) is 6.92 Å². The third-order valence-corrected chi connectivity index (χ3v) is 1.98. The van der Waals surface area contributed by atoms with Gasteiger partial charge in [-0.25, -0.2) is 9.10 Å². The number of esters is 1. The number of halogens is 1. The molecule has 0 fully saturated rings. The topological polar surface area (TPSA) is 55.8 Å². The van der Waals surface area contributed by atoms with Gasteiger partial charge in [0.1, 0.15) is 6.54 Å². The molecule has 0 saturated heterocycles. The summed E-state index contributed by atoms with van der Waals surface area (Å²) in [7, 11) is 6.52. The first-order valence-electron chi connectivity index (χ1n) is 3.45. The van der Waals surface area contributed by atoms with Gasteiger partial charge in [0.15, 0.2) is 0 Å². The van der Waals surface area contributed by atoms with Crippen LogP contribution >= 0.6 is 21.8 Å². The molecule has 13 heavy (non-hydrogen) atoms. The zero-order valence-electron chi connectivity index (χ0n) is 7.28. The van der Waals surface area contributed by atoms with E-state index in [1.165, 1.54) is 7.11 Å². The predicted octanol–water partition coefficient (Wildman–Crippen LogP) is 1.42. The van der Waals surface area contributed by atoms with Crippen LogP contribution in [0, 0.1) is 0 Å². The molecule has 5 nitrogen and oxygen atoms in total. The lowest BCUT2D eigenvalue weighted by molar-refractivity contribution is -0.142. The second kappa shape index (κ2) is 6.85. The van der Waals surface area contributed by atoms with Crippen molar-refractivity contribution in [3.63, 3.8) is 0 Å². The van der Waals surface area contributed by atoms with Gasteiger partial charge in [-0.15, -0.1) is 0 Å². The van der Waals surface area contributed by atoms with Crippen molar-refractivity contribution in [1.82, 2.24) is 4.31 Å². The van der Waals surface area contributed by atoms with Gasteiger partial charge in [0.2, 0.25) is 0 Å². The average molecular weight is 228 g/mol. The van der Waals surface area contributed by atoms with Gasteiger partial charge in [0.25, 0.3) is 0 Å². The Morgan fingerprint density at radius 1 is 1.54 bits per heavy atom. The van der Waals surface area contributed by atoms with E-state index in [0.717, 1.165) is 4.31 Å². The summed E-state index contributed by atoms with van der Waals surface area (Å²) in [6.07, 6.45) is -0.687. The van der Waals surface area contributed by atoms with Crippen LogP contribution in [0.3, 0.4) is 0 Å². The molecule has 0 aliphatic carbocycles. The van der Waals surface area contributed by atoms with Gasteiger partial charge in [-0.1, -0.05) is 0 Å². The molecule has 0 saturated carbocycles. The van der Waals surface area contributed by atoms with Crippen LogP contribution in [-0.4, -0.2) is 36.6 Å². The molecule has 0 aliphatic rings. The third-order valence-electron chi connectivity index (χ3n) is 1.04. The van der Waals surface area contributed by atoms with Crippen LogP contribution in [-0.2, 0) is 14.3 Å². The van der Waals surface area contributed by atoms with E-state index in [2.05, 4.69) is 9.47 Å². The third kappa shape index (κ3) is 4.84. The van der Waals surface area contributed by atoms with E-state index in [1.807, 2.05) is 0 Å². The maximum atomic E-state index is 10.9. The molecule has 0 aromatic rings. The highest BCUT2D eigenvalue weighted by molar-refractivity contribution is 8.19. The van der Waals surface area contributed by atoms with Gasteiger partial charge >= 0.3 is 12.1 Å². The van der Waals surface area contributed by atoms with Crippen LogP contribution in [0.5, 0.6) is 0 Å². The van der Waals surface area contributed by atoms with E-state index in [-0.39, 0.29) is 13.2 Å². The molecule has 0 atom stereocenters. The Kier molecular flexibility index (Phi) is 6.52. The second-order valence-electron chi connectivity index (χ2n) is 1.88. The molecule has 0 heterocycles. The van der Waals surface area contributed by atoms with E-state index in [4.69, 9.17) is 10.7 Å². The van der Waals surface area contributed by atoms with Crippen LogP contribution in [0.2, 0.25) is 0 Å². The van der Waals surface area contributed by atoms with Crippen LogP contribution in [0.4, 0.5) is 4.79 Å². The summed E-state index contributed by atoms with van der Waals surface area (Å²) in [5, 5.41) is 0. The fourth-order valence-corrected chi connectivity index (χ4v) is 1.14. The van der Waals surface area contributed by atoms with Crippen molar-refractivity contribution in [2.24, 2.45) is 0 Å². The van der Waals surface area contributed by atoms with Crippen molar-refractivity contribution in [2.75, 3.05) is 20.3 Å². The van der Waals surface area contributed by atoms with Crippen LogP contribution in [0.15, 0.2) is 0 Å². The van der Waals surface area contributed by atoms with Crippen LogP contribution in [0.1, 0.15) is 6.92 Å². The average Bonchev–Trinajstić information content (AvgIpc) is 2.13. The fourth-order valence-electron chi connectivity index (χ4n) is 0.543. The number of carbonyl (C=O) groups is 2. The van der Waals surface area contributed by atoms with Crippen LogP contribution in [0.25, 0.3) is 0 Å². The summed E-state index contributed by atoms with van der Waals surface area (Å²) in [6.45, 7) is 1.71. The first-order chi connectivity index (χ1) is 6.15. The lowest BCUT2D eigenvalue weighted by Gasteiger charge is -2.14. The van der Waals surface area contributed by atoms with E-state index in [9.17, 15) is 9.59 Å². The Hall–Kier alpha value is -0.620. The largest absolute Gasteiger partial charge is 0.465 e. The van der Waals surface area contributed by atoms with Gasteiger partial charge in [-0.05, 0) is 17.6 Å². The van der Waals surface area contributed by atoms with E-state index < -0.39 is 12.1 Å². The first-order valence-corrected chi connectivity index (χ1v) is 5.05. The van der Waals surface area contributed by atoms with E-state index in [0.29, 0.717) is 11.2 Å². The maximum absolute atomic E-state index is 10.9. The zero-order chi connectivity index (χ0) is 10.3. The van der Waals surface area contributed by atoms with Gasteiger partial charge in [0, 0.05) is 0 Å². The number of nitrogens with zero attached hydrogens (tertiary/aromatic N) is 1. The van der Waals surface area contributed by atoms with Crippen molar-refractivity contribution < 1.29 is 19.1 Å². The highest BCUT2D eigenvalue weighted by Crippen LogP contribution is 2.15. The highest BCUT2D eigenvalue weighted by Gasteiger charge is 2.18. The lowest BCUT2D eigenvalue weighted by atomic mass is 10.6. The Labute approximate surface area is 84.9 Å². The minimum Gasteiger partial charge on any atom is -0.465 e. The number of hydrogen-bond acceptors (Lipinski definition) is 5. The monoisotopic (exact) mass is 227 g/mol. The van der Waals surface area contributed by atoms with E-state index >= 15 is 0 Å². The molecule has 1 amide bonds. The van der Waals surface area contributed by atoms with Crippen LogP contribution < -0.4 is 0 Å². The molecular formula is C6H10ClNO4S. The normalized spacial score (nSPS) is 9.15. The minimum absolute atomic E-state index is 0.228. The Bertz CT molecular complexity index is 189. The standard InChI is InChI=1S/C6H10ClNO4S/c1-3-12-5(9)4-8(13-7)6(10)11-2/h3-4H2,1-2H3. The number of carbonyl (C=O) groups excluding carboxylic acids is 2. The van der Waals surface area contributed by atoms with Crippen molar-refractivity contribution in [1.29, 1.82) is 0 Å². The van der Waals surface area contributed by atoms with Crippen molar-refractivity contribution in [3.05, 3.63) is 0 Å². The summed E-state index contributed by atoms with van der Waals surface area (Å²) in [5.41, 5.74) is 0. The molecule has 0 N–H and O–H groups in total. The lowest BCUT2D eigenvalue weighted by Crippen LogP contribution is -2.30. The Morgan fingerprint density at radius 2 is 2.15 bits per heavy atom. The molecule has 7 heteroatoms. The van der Waals surface area contributed by atoms with Crippen molar-refractivity contribution in [3.8, 4) is 0 Å². The summed E-state index contributed by atoms with van der Waals surface area (Å²) in [5.74, 6) is -0.527. The first kappa shape index (κ1) is 12.4. The summed E-state index contributed by atoms with van der Waals surface area (Å²) in [4.78, 5) is 21.8. The summed E-state index contributed by atoms with van der Waals surface area (Å²) in [6, 6.07) is 0. The molecule has 76 valence electrons. The Balaban J connectivity index is 3.97. The molecule has 0 unspecified atom stereocenters. The molecule has 0 bridgehead atoms. The quantitative estimate of drug-likeness (QED) is 0.537. The molecule has 0 spiro atoms. The molecule has 0 aromatic carbocycles. The number of rotatable bonds is 4. The molecule has 0 radical (unpaired) electrons. The predicted molar refractivity (Wildman–Crippen MR) is 49.2 cm³/mol. The van der Waals surface area contributed by atoms with Crippen molar-refractivity contribution in [2.45, 2.75) is 6.92 Å². The van der Waals surface area contributed by atoms with Gasteiger partial charge in [-0.3, -0.25) is 4.79 Å². The summed E-state index contributed by atoms with van der Waals surface area (Å²) >= 11 is 0.587. The molecule has 0 aromatic heterocycles. The number of amides is 1. The smallest absolute Gasteiger partial charge is 0.421 e. The molecule has 0 aliphatic heterocycles. The number of ether oxygens (including phenoxy) is 2. The fraction of sp³-hybridized carbons (Fsp3) is 0.667. The Morgan fingerprint density at radius 3 is 2.54 bits per heavy atom. The SMILES string of the molecule is CCOC(=O)CN(SCl)C(=O)OC. The van der Waals surface area contributed by atoms with Crippen molar-refractivity contribution >= 4 is 33.9 Å². The summed E-state index contributed by atoms with van der Waals surface area (Å²) < 4.78 is 9.91. The zero-order valence-corrected chi connectivity index (χ0v) is 8.85. The molecular weight excluding hydrogens is 218 g/mol. The molecule has 0 rings (SSSR count). The second-order valence-corrected chi connectivity index (χ2v) is 2.87.